The Labute approximate surface area is 140 Å². The van der Waals surface area contributed by atoms with Crippen LogP contribution in [0.5, 0.6) is 5.75 Å². The molecule has 2 aromatic carbocycles. The van der Waals surface area contributed by atoms with Gasteiger partial charge in [-0.15, -0.1) is 0 Å². The smallest absolute Gasteiger partial charge is 0.343 e. The van der Waals surface area contributed by atoms with Crippen LogP contribution in [-0.2, 0) is 4.79 Å². The van der Waals surface area contributed by atoms with Crippen molar-refractivity contribution >= 4 is 28.5 Å². The Balaban J connectivity index is 2.07. The first kappa shape index (κ1) is 14.9. The second kappa shape index (κ2) is 5.46. The highest BCUT2D eigenvalue weighted by molar-refractivity contribution is 6.31. The van der Waals surface area contributed by atoms with Gasteiger partial charge in [-0.25, -0.2) is 9.18 Å². The summed E-state index contributed by atoms with van der Waals surface area (Å²) in [6.07, 6.45) is -0.184. The molecule has 120 valence electrons. The van der Waals surface area contributed by atoms with Crippen LogP contribution in [0.4, 0.5) is 4.39 Å². The molecule has 3 aromatic rings. The first-order valence-electron chi connectivity index (χ1n) is 7.26. The summed E-state index contributed by atoms with van der Waals surface area (Å²) in [6.45, 7) is 0. The molecule has 0 saturated carbocycles. The predicted octanol–water partition coefficient (Wildman–Crippen LogP) is 4.03. The fourth-order valence-corrected chi connectivity index (χ4v) is 3.36. The molecular formula is C18H10ClFO4. The van der Waals surface area contributed by atoms with Crippen molar-refractivity contribution in [3.8, 4) is 5.75 Å². The molecule has 24 heavy (non-hydrogen) atoms. The number of fused-ring (bicyclic) bond motifs is 3. The molecule has 0 bridgehead atoms. The van der Waals surface area contributed by atoms with Crippen molar-refractivity contribution in [1.29, 1.82) is 0 Å². The molecule has 0 N–H and O–H groups in total. The number of ether oxygens (including phenoxy) is 1. The summed E-state index contributed by atoms with van der Waals surface area (Å²) < 4.78 is 24.9. The second-order valence-electron chi connectivity index (χ2n) is 5.49. The van der Waals surface area contributed by atoms with Crippen LogP contribution in [0.25, 0.3) is 11.0 Å². The van der Waals surface area contributed by atoms with E-state index in [0.717, 1.165) is 0 Å². The Morgan fingerprint density at radius 2 is 1.83 bits per heavy atom. The average Bonchev–Trinajstić information content (AvgIpc) is 2.54. The molecular weight excluding hydrogens is 335 g/mol. The molecule has 4 nitrogen and oxygen atoms in total. The molecule has 0 amide bonds. The van der Waals surface area contributed by atoms with Gasteiger partial charge >= 0.3 is 11.6 Å². The quantitative estimate of drug-likeness (QED) is 0.494. The maximum atomic E-state index is 14.3. The van der Waals surface area contributed by atoms with Gasteiger partial charge in [-0.2, -0.15) is 0 Å². The van der Waals surface area contributed by atoms with Gasteiger partial charge in [0.1, 0.15) is 11.4 Å². The first-order valence-corrected chi connectivity index (χ1v) is 7.64. The second-order valence-corrected chi connectivity index (χ2v) is 5.90. The van der Waals surface area contributed by atoms with E-state index in [1.807, 2.05) is 0 Å². The lowest BCUT2D eigenvalue weighted by atomic mass is 9.86. The van der Waals surface area contributed by atoms with Crippen LogP contribution in [0.1, 0.15) is 23.5 Å². The first-order chi connectivity index (χ1) is 11.6. The molecule has 1 atom stereocenters. The Morgan fingerprint density at radius 1 is 1.04 bits per heavy atom. The van der Waals surface area contributed by atoms with Crippen molar-refractivity contribution in [1.82, 2.24) is 0 Å². The van der Waals surface area contributed by atoms with Gasteiger partial charge in [-0.05, 0) is 24.3 Å². The Kier molecular flexibility index (Phi) is 3.39. The summed E-state index contributed by atoms with van der Waals surface area (Å²) in [7, 11) is 0. The van der Waals surface area contributed by atoms with Gasteiger partial charge in [-0.1, -0.05) is 29.8 Å². The number of halogens is 2. The summed E-state index contributed by atoms with van der Waals surface area (Å²) in [4.78, 5) is 24.5. The number of hydrogen-bond acceptors (Lipinski definition) is 4. The minimum Gasteiger partial charge on any atom is -0.425 e. The van der Waals surface area contributed by atoms with E-state index >= 15 is 0 Å². The van der Waals surface area contributed by atoms with E-state index in [9.17, 15) is 14.0 Å². The van der Waals surface area contributed by atoms with Crippen LogP contribution in [0.3, 0.4) is 0 Å². The number of para-hydroxylation sites is 1. The molecule has 0 unspecified atom stereocenters. The zero-order chi connectivity index (χ0) is 16.8. The van der Waals surface area contributed by atoms with E-state index in [1.54, 1.807) is 24.3 Å². The van der Waals surface area contributed by atoms with Crippen molar-refractivity contribution < 1.29 is 18.3 Å². The molecule has 0 spiro atoms. The summed E-state index contributed by atoms with van der Waals surface area (Å²) in [5, 5.41) is 0.630. The number of esters is 1. The van der Waals surface area contributed by atoms with Crippen molar-refractivity contribution in [2.45, 2.75) is 12.3 Å². The van der Waals surface area contributed by atoms with E-state index in [4.69, 9.17) is 20.8 Å². The highest BCUT2D eigenvalue weighted by Crippen LogP contribution is 2.43. The van der Waals surface area contributed by atoms with Gasteiger partial charge < -0.3 is 9.15 Å². The number of benzene rings is 2. The minimum atomic E-state index is -0.851. The van der Waals surface area contributed by atoms with E-state index in [1.165, 1.54) is 18.2 Å². The standard InChI is InChI=1S/C18H10ClFO4/c19-11-5-3-6-12(20)15(11)10-8-14(21)24-17-9-4-1-2-7-13(9)23-18(22)16(10)17/h1-7,10H,8H2/t10-/m0/s1. The van der Waals surface area contributed by atoms with Crippen LogP contribution < -0.4 is 10.4 Å². The Bertz CT molecular complexity index is 1020. The maximum absolute atomic E-state index is 14.3. The van der Waals surface area contributed by atoms with E-state index in [0.29, 0.717) is 11.0 Å². The van der Waals surface area contributed by atoms with E-state index in [-0.39, 0.29) is 28.3 Å². The topological polar surface area (TPSA) is 56.5 Å². The fourth-order valence-electron chi connectivity index (χ4n) is 3.06. The molecule has 1 aliphatic heterocycles. The van der Waals surface area contributed by atoms with Gasteiger partial charge in [0.05, 0.1) is 17.4 Å². The van der Waals surface area contributed by atoms with Gasteiger partial charge in [-0.3, -0.25) is 4.79 Å². The normalized spacial score (nSPS) is 16.8. The summed E-state index contributed by atoms with van der Waals surface area (Å²) >= 11 is 6.12. The number of hydrogen-bond donors (Lipinski definition) is 0. The molecule has 2 heterocycles. The molecule has 0 fully saturated rings. The fraction of sp³-hybridized carbons (Fsp3) is 0.111. The molecule has 0 saturated heterocycles. The average molecular weight is 345 g/mol. The van der Waals surface area contributed by atoms with Crippen molar-refractivity contribution in [3.63, 3.8) is 0 Å². The molecule has 1 aromatic heterocycles. The van der Waals surface area contributed by atoms with Crippen LogP contribution in [0.2, 0.25) is 5.02 Å². The highest BCUT2D eigenvalue weighted by Gasteiger charge is 2.36. The summed E-state index contributed by atoms with van der Waals surface area (Å²) in [5.74, 6) is -1.87. The maximum Gasteiger partial charge on any atom is 0.343 e. The lowest BCUT2D eigenvalue weighted by molar-refractivity contribution is -0.135. The number of carbonyl (C=O) groups excluding carboxylic acids is 1. The third-order valence-electron chi connectivity index (χ3n) is 4.08. The third-order valence-corrected chi connectivity index (χ3v) is 4.41. The summed E-state index contributed by atoms with van der Waals surface area (Å²) in [5.41, 5.74) is -0.158. The van der Waals surface area contributed by atoms with Crippen molar-refractivity contribution in [3.05, 3.63) is 74.9 Å². The Hall–Kier alpha value is -2.66. The van der Waals surface area contributed by atoms with Crippen LogP contribution in [-0.4, -0.2) is 5.97 Å². The summed E-state index contributed by atoms with van der Waals surface area (Å²) in [6, 6.07) is 10.9. The molecule has 1 aliphatic rings. The van der Waals surface area contributed by atoms with E-state index in [2.05, 4.69) is 0 Å². The highest BCUT2D eigenvalue weighted by atomic mass is 35.5. The number of rotatable bonds is 1. The molecule has 4 rings (SSSR count). The predicted molar refractivity (Wildman–Crippen MR) is 86.0 cm³/mol. The SMILES string of the molecule is O=C1C[C@@H](c2c(F)cccc2Cl)c2c(c3ccccc3oc2=O)O1. The Morgan fingerprint density at radius 3 is 2.62 bits per heavy atom. The molecule has 6 heteroatoms. The zero-order valence-corrected chi connectivity index (χ0v) is 13.0. The van der Waals surface area contributed by atoms with Gasteiger partial charge in [0.25, 0.3) is 0 Å². The monoisotopic (exact) mass is 344 g/mol. The molecule has 0 aliphatic carbocycles. The van der Waals surface area contributed by atoms with Crippen LogP contribution >= 0.6 is 11.6 Å². The lowest BCUT2D eigenvalue weighted by Gasteiger charge is -2.25. The minimum absolute atomic E-state index is 0.0969. The van der Waals surface area contributed by atoms with Gasteiger partial charge in [0, 0.05) is 16.5 Å². The number of carbonyl (C=O) groups is 1. The van der Waals surface area contributed by atoms with Gasteiger partial charge in [0.15, 0.2) is 5.75 Å². The largest absolute Gasteiger partial charge is 0.425 e. The van der Waals surface area contributed by atoms with Crippen molar-refractivity contribution in [2.24, 2.45) is 0 Å². The van der Waals surface area contributed by atoms with Gasteiger partial charge in [0.2, 0.25) is 0 Å². The van der Waals surface area contributed by atoms with Crippen LogP contribution in [0, 0.1) is 5.82 Å². The lowest BCUT2D eigenvalue weighted by Crippen LogP contribution is -2.27. The molecule has 0 radical (unpaired) electrons. The van der Waals surface area contributed by atoms with E-state index < -0.39 is 23.3 Å². The third kappa shape index (κ3) is 2.20. The van der Waals surface area contributed by atoms with Crippen LogP contribution in [0.15, 0.2) is 51.7 Å². The van der Waals surface area contributed by atoms with Crippen molar-refractivity contribution in [2.75, 3.05) is 0 Å². The zero-order valence-electron chi connectivity index (χ0n) is 12.2.